The number of rotatable bonds is 12. The summed E-state index contributed by atoms with van der Waals surface area (Å²) in [5, 5.41) is 0. The van der Waals surface area contributed by atoms with Crippen molar-refractivity contribution in [2.75, 3.05) is 20.1 Å². The van der Waals surface area contributed by atoms with Crippen molar-refractivity contribution in [2.24, 2.45) is 0 Å². The molecule has 1 heterocycles. The van der Waals surface area contributed by atoms with Gasteiger partial charge in [0, 0.05) is 0 Å². The third-order valence-corrected chi connectivity index (χ3v) is 22.1. The molecule has 1 saturated heterocycles. The molecule has 0 radical (unpaired) electrons. The summed E-state index contributed by atoms with van der Waals surface area (Å²) in [4.78, 5) is 14.8. The second-order valence-corrected chi connectivity index (χ2v) is 22.0. The number of likely N-dealkylation sites (tertiary alicyclic amines) is 1. The van der Waals surface area contributed by atoms with E-state index in [1.165, 1.54) is 51.8 Å². The van der Waals surface area contributed by atoms with Crippen LogP contribution in [0.25, 0.3) is 0 Å². The molecule has 0 bridgehead atoms. The van der Waals surface area contributed by atoms with Crippen LogP contribution in [0.3, 0.4) is 0 Å². The van der Waals surface area contributed by atoms with E-state index in [0.717, 1.165) is 25.1 Å². The van der Waals surface area contributed by atoms with Crippen molar-refractivity contribution < 1.29 is 9.53 Å². The third-order valence-electron chi connectivity index (χ3n) is 6.38. The van der Waals surface area contributed by atoms with Crippen LogP contribution in [0.15, 0.2) is 24.3 Å². The molecule has 4 heteroatoms. The molecule has 0 amide bonds. The molecule has 1 aromatic rings. The molecule has 1 aliphatic rings. The van der Waals surface area contributed by atoms with Crippen molar-refractivity contribution in [3.63, 3.8) is 0 Å². The van der Waals surface area contributed by atoms with Crippen molar-refractivity contribution in [1.29, 1.82) is 0 Å². The fourth-order valence-electron chi connectivity index (χ4n) is 4.52. The topological polar surface area (TPSA) is 29.5 Å². The maximum atomic E-state index is 12.6. The summed E-state index contributed by atoms with van der Waals surface area (Å²) in [6.07, 6.45) is 8.96. The predicted molar refractivity (Wildman–Crippen MR) is 122 cm³/mol. The molecule has 1 atom stereocenters. The number of likely N-dealkylation sites (N-methyl/N-ethyl adjacent to an activating group) is 1. The van der Waals surface area contributed by atoms with Crippen LogP contribution in [0.5, 0.6) is 0 Å². The second kappa shape index (κ2) is 12.2. The molecular formula is C24H41NO2Sn. The van der Waals surface area contributed by atoms with E-state index in [1.807, 2.05) is 12.1 Å². The minimum atomic E-state index is -2.40. The first-order chi connectivity index (χ1) is 13.5. The van der Waals surface area contributed by atoms with E-state index in [-0.39, 0.29) is 12.1 Å². The number of unbranched alkanes of at least 4 members (excludes halogenated alkanes) is 3. The normalized spacial score (nSPS) is 17.8. The maximum absolute atomic E-state index is 12.6. The van der Waals surface area contributed by atoms with Gasteiger partial charge < -0.3 is 0 Å². The van der Waals surface area contributed by atoms with Crippen molar-refractivity contribution in [3.8, 4) is 0 Å². The SMILES string of the molecule is CCC[CH2][Sn]([CH2]CCC)([CH2]CCC)[c]1ccc(C(=O)OC2CCN(C)C2)cc1. The van der Waals surface area contributed by atoms with E-state index in [9.17, 15) is 4.79 Å². The Balaban J connectivity index is 2.14. The van der Waals surface area contributed by atoms with Crippen LogP contribution >= 0.6 is 0 Å². The number of ether oxygens (including phenoxy) is 1. The summed E-state index contributed by atoms with van der Waals surface area (Å²) in [5.74, 6) is -0.150. The molecule has 0 aromatic heterocycles. The quantitative estimate of drug-likeness (QED) is 0.280. The number of esters is 1. The van der Waals surface area contributed by atoms with Gasteiger partial charge in [0.05, 0.1) is 0 Å². The molecule has 0 spiro atoms. The summed E-state index contributed by atoms with van der Waals surface area (Å²) < 4.78 is 11.7. The first kappa shape index (κ1) is 23.7. The molecule has 1 aliphatic heterocycles. The van der Waals surface area contributed by atoms with E-state index in [2.05, 4.69) is 44.9 Å². The van der Waals surface area contributed by atoms with E-state index in [4.69, 9.17) is 4.74 Å². The molecule has 2 rings (SSSR count). The Kier molecular flexibility index (Phi) is 10.3. The van der Waals surface area contributed by atoms with Crippen LogP contribution in [0.1, 0.15) is 76.1 Å². The van der Waals surface area contributed by atoms with Gasteiger partial charge in [-0.25, -0.2) is 0 Å². The zero-order valence-electron chi connectivity index (χ0n) is 18.6. The second-order valence-electron chi connectivity index (χ2n) is 8.75. The first-order valence-electron chi connectivity index (χ1n) is 11.5. The molecule has 158 valence electrons. The Morgan fingerprint density at radius 1 is 1.00 bits per heavy atom. The van der Waals surface area contributed by atoms with Crippen LogP contribution < -0.4 is 3.58 Å². The van der Waals surface area contributed by atoms with Crippen LogP contribution in [0, 0.1) is 0 Å². The van der Waals surface area contributed by atoms with Crippen LogP contribution in [0.4, 0.5) is 0 Å². The van der Waals surface area contributed by atoms with Crippen molar-refractivity contribution in [2.45, 2.75) is 85.1 Å². The van der Waals surface area contributed by atoms with Gasteiger partial charge in [-0.1, -0.05) is 0 Å². The fourth-order valence-corrected chi connectivity index (χ4v) is 20.5. The Morgan fingerprint density at radius 2 is 1.54 bits per heavy atom. The average molecular weight is 494 g/mol. The molecule has 0 saturated carbocycles. The van der Waals surface area contributed by atoms with Crippen molar-refractivity contribution >= 4 is 27.9 Å². The molecule has 1 unspecified atom stereocenters. The van der Waals surface area contributed by atoms with Gasteiger partial charge in [-0.15, -0.1) is 0 Å². The molecular weight excluding hydrogens is 453 g/mol. The van der Waals surface area contributed by atoms with E-state index < -0.39 is 18.4 Å². The van der Waals surface area contributed by atoms with Gasteiger partial charge in [0.25, 0.3) is 0 Å². The molecule has 3 nitrogen and oxygen atoms in total. The predicted octanol–water partition coefficient (Wildman–Crippen LogP) is 5.60. The summed E-state index contributed by atoms with van der Waals surface area (Å²) in [7, 11) is 2.08. The zero-order chi connectivity index (χ0) is 20.4. The number of hydrogen-bond acceptors (Lipinski definition) is 3. The number of hydrogen-bond donors (Lipinski definition) is 0. The summed E-state index contributed by atoms with van der Waals surface area (Å²) in [6.45, 7) is 8.82. The minimum absolute atomic E-state index is 0.0501. The summed E-state index contributed by atoms with van der Waals surface area (Å²) in [5.41, 5.74) is 0.722. The molecule has 1 fully saturated rings. The van der Waals surface area contributed by atoms with Crippen LogP contribution in [-0.2, 0) is 4.74 Å². The Morgan fingerprint density at radius 3 is 1.96 bits per heavy atom. The van der Waals surface area contributed by atoms with Gasteiger partial charge in [-0.2, -0.15) is 0 Å². The van der Waals surface area contributed by atoms with E-state index >= 15 is 0 Å². The monoisotopic (exact) mass is 495 g/mol. The van der Waals surface area contributed by atoms with Gasteiger partial charge in [0.1, 0.15) is 0 Å². The molecule has 28 heavy (non-hydrogen) atoms. The van der Waals surface area contributed by atoms with Crippen molar-refractivity contribution in [1.82, 2.24) is 4.90 Å². The number of carbonyl (C=O) groups is 1. The van der Waals surface area contributed by atoms with Gasteiger partial charge in [-0.3, -0.25) is 0 Å². The van der Waals surface area contributed by atoms with Gasteiger partial charge in [0.2, 0.25) is 0 Å². The summed E-state index contributed by atoms with van der Waals surface area (Å²) >= 11 is -2.40. The van der Waals surface area contributed by atoms with Crippen LogP contribution in [0.2, 0.25) is 13.3 Å². The third kappa shape index (κ3) is 6.76. The number of nitrogens with zero attached hydrogens (tertiary/aromatic N) is 1. The van der Waals surface area contributed by atoms with Crippen LogP contribution in [-0.4, -0.2) is 55.5 Å². The van der Waals surface area contributed by atoms with E-state index in [0.29, 0.717) is 0 Å². The molecule has 1 aromatic carbocycles. The van der Waals surface area contributed by atoms with Gasteiger partial charge in [-0.05, 0) is 0 Å². The Bertz CT molecular complexity index is 565. The summed E-state index contributed by atoms with van der Waals surface area (Å²) in [6, 6.07) is 8.69. The fraction of sp³-hybridized carbons (Fsp3) is 0.708. The zero-order valence-corrected chi connectivity index (χ0v) is 21.5. The Labute approximate surface area is 177 Å². The molecule has 0 aliphatic carbocycles. The average Bonchev–Trinajstić information content (AvgIpc) is 3.12. The van der Waals surface area contributed by atoms with Gasteiger partial charge >= 0.3 is 177 Å². The first-order valence-corrected chi connectivity index (χ1v) is 19.0. The van der Waals surface area contributed by atoms with Crippen molar-refractivity contribution in [3.05, 3.63) is 29.8 Å². The standard InChI is InChI=1S/C12H14NO2.3C4H9.Sn/c1-13-8-7-11(9-13)15-12(14)10-5-3-2-4-6-10;3*1-3-4-2;/h3-6,11H,7-9H2,1H3;3*1,3-4H2,2H3;. The molecule has 0 N–H and O–H groups in total. The van der Waals surface area contributed by atoms with E-state index in [1.54, 1.807) is 3.58 Å². The number of benzene rings is 1. The Hall–Kier alpha value is -0.551. The van der Waals surface area contributed by atoms with Gasteiger partial charge in [0.15, 0.2) is 0 Å². The number of carbonyl (C=O) groups excluding carboxylic acids is 1.